The highest BCUT2D eigenvalue weighted by Gasteiger charge is 2.18. The third-order valence-corrected chi connectivity index (χ3v) is 4.46. The van der Waals surface area contributed by atoms with Crippen molar-refractivity contribution in [2.24, 2.45) is 0 Å². The molecule has 0 spiro atoms. The van der Waals surface area contributed by atoms with E-state index in [0.717, 1.165) is 42.6 Å². The first-order valence-electron chi connectivity index (χ1n) is 7.40. The van der Waals surface area contributed by atoms with Gasteiger partial charge >= 0.3 is 0 Å². The zero-order valence-corrected chi connectivity index (χ0v) is 14.3. The lowest BCUT2D eigenvalue weighted by atomic mass is 10.0. The molecule has 0 aromatic heterocycles. The molecule has 1 fully saturated rings. The number of allylic oxidation sites excluding steroid dienone is 1. The van der Waals surface area contributed by atoms with Gasteiger partial charge in [-0.05, 0) is 60.8 Å². The number of nitrogens with zero attached hydrogens (tertiary/aromatic N) is 2. The van der Waals surface area contributed by atoms with Crippen molar-refractivity contribution in [3.8, 4) is 6.07 Å². The molecule has 0 radical (unpaired) electrons. The fraction of sp³-hybridized carbons (Fsp3) is 0.471. The maximum atomic E-state index is 8.89. The van der Waals surface area contributed by atoms with Gasteiger partial charge in [-0.15, -0.1) is 0 Å². The van der Waals surface area contributed by atoms with Gasteiger partial charge in [-0.1, -0.05) is 11.6 Å². The fourth-order valence-electron chi connectivity index (χ4n) is 2.49. The van der Waals surface area contributed by atoms with Gasteiger partial charge in [-0.25, -0.2) is 0 Å². The summed E-state index contributed by atoms with van der Waals surface area (Å²) in [7, 11) is 0. The molecule has 1 aromatic carbocycles. The molecule has 0 amide bonds. The van der Waals surface area contributed by atoms with Crippen molar-refractivity contribution in [2.75, 3.05) is 25.0 Å². The van der Waals surface area contributed by atoms with Crippen LogP contribution in [0.5, 0.6) is 0 Å². The fourth-order valence-corrected chi connectivity index (χ4v) is 2.99. The minimum Gasteiger partial charge on any atom is -0.381 e. The van der Waals surface area contributed by atoms with Gasteiger partial charge in [0.05, 0.1) is 11.6 Å². The standard InChI is InChI=1S/C17H22BrN3/c1-13(2)5-8-21-9-6-15(7-10-21)20-17-4-3-14(12-19)11-16(17)18/h3-5,11,15,20H,6-10H2,1-2H3. The molecular formula is C17H22BrN3. The Morgan fingerprint density at radius 3 is 2.71 bits per heavy atom. The first-order valence-corrected chi connectivity index (χ1v) is 8.19. The maximum Gasteiger partial charge on any atom is 0.0992 e. The Labute approximate surface area is 135 Å². The van der Waals surface area contributed by atoms with Crippen LogP contribution in [0.4, 0.5) is 5.69 Å². The Balaban J connectivity index is 1.86. The highest BCUT2D eigenvalue weighted by molar-refractivity contribution is 9.10. The second-order valence-corrected chi connectivity index (χ2v) is 6.66. The number of nitrogens with one attached hydrogen (secondary N) is 1. The highest BCUT2D eigenvalue weighted by Crippen LogP contribution is 2.26. The van der Waals surface area contributed by atoms with Gasteiger partial charge in [0.1, 0.15) is 0 Å². The third kappa shape index (κ3) is 4.87. The average Bonchev–Trinajstić information content (AvgIpc) is 2.48. The molecule has 1 aliphatic rings. The Kier molecular flexibility index (Phi) is 5.84. The van der Waals surface area contributed by atoms with E-state index < -0.39 is 0 Å². The molecule has 1 aromatic rings. The summed E-state index contributed by atoms with van der Waals surface area (Å²) in [5.74, 6) is 0. The number of halogens is 1. The van der Waals surface area contributed by atoms with Gasteiger partial charge in [0.15, 0.2) is 0 Å². The maximum absolute atomic E-state index is 8.89. The molecule has 1 heterocycles. The van der Waals surface area contributed by atoms with Crippen molar-refractivity contribution < 1.29 is 0 Å². The molecule has 2 rings (SSSR count). The van der Waals surface area contributed by atoms with E-state index in [1.807, 2.05) is 18.2 Å². The van der Waals surface area contributed by atoms with Crippen LogP contribution in [0, 0.1) is 11.3 Å². The van der Waals surface area contributed by atoms with Crippen LogP contribution in [0.3, 0.4) is 0 Å². The topological polar surface area (TPSA) is 39.1 Å². The molecule has 21 heavy (non-hydrogen) atoms. The van der Waals surface area contributed by atoms with E-state index in [0.29, 0.717) is 11.6 Å². The highest BCUT2D eigenvalue weighted by atomic mass is 79.9. The Morgan fingerprint density at radius 2 is 2.14 bits per heavy atom. The normalized spacial score (nSPS) is 16.3. The second kappa shape index (κ2) is 7.63. The van der Waals surface area contributed by atoms with Crippen molar-refractivity contribution in [1.29, 1.82) is 5.26 Å². The van der Waals surface area contributed by atoms with Crippen LogP contribution in [-0.4, -0.2) is 30.6 Å². The van der Waals surface area contributed by atoms with Crippen molar-refractivity contribution in [3.63, 3.8) is 0 Å². The van der Waals surface area contributed by atoms with E-state index in [1.54, 1.807) is 0 Å². The summed E-state index contributed by atoms with van der Waals surface area (Å²) in [4.78, 5) is 2.50. The van der Waals surface area contributed by atoms with Gasteiger partial charge in [0.25, 0.3) is 0 Å². The van der Waals surface area contributed by atoms with Gasteiger partial charge < -0.3 is 5.32 Å². The van der Waals surface area contributed by atoms with Crippen LogP contribution in [0.25, 0.3) is 0 Å². The van der Waals surface area contributed by atoms with Crippen molar-refractivity contribution in [1.82, 2.24) is 4.90 Å². The molecule has 1 saturated heterocycles. The Hall–Kier alpha value is -1.31. The van der Waals surface area contributed by atoms with E-state index in [4.69, 9.17) is 5.26 Å². The molecule has 112 valence electrons. The minimum absolute atomic E-state index is 0.511. The van der Waals surface area contributed by atoms with Crippen LogP contribution in [0.2, 0.25) is 0 Å². The zero-order chi connectivity index (χ0) is 15.2. The molecule has 0 aliphatic carbocycles. The molecule has 0 bridgehead atoms. The Morgan fingerprint density at radius 1 is 1.43 bits per heavy atom. The molecule has 3 nitrogen and oxygen atoms in total. The smallest absolute Gasteiger partial charge is 0.0992 e. The lowest BCUT2D eigenvalue weighted by molar-refractivity contribution is 0.240. The number of rotatable bonds is 4. The molecule has 0 atom stereocenters. The first-order chi connectivity index (χ1) is 10.1. The van der Waals surface area contributed by atoms with Gasteiger partial charge in [-0.3, -0.25) is 4.90 Å². The minimum atomic E-state index is 0.511. The number of piperidine rings is 1. The summed E-state index contributed by atoms with van der Waals surface area (Å²) in [6.07, 6.45) is 4.61. The predicted octanol–water partition coefficient (Wildman–Crippen LogP) is 4.16. The van der Waals surface area contributed by atoms with E-state index >= 15 is 0 Å². The van der Waals surface area contributed by atoms with E-state index in [1.165, 1.54) is 5.57 Å². The third-order valence-electron chi connectivity index (χ3n) is 3.80. The Bertz CT molecular complexity index is 548. The number of hydrogen-bond acceptors (Lipinski definition) is 3. The summed E-state index contributed by atoms with van der Waals surface area (Å²) in [5, 5.41) is 12.5. The van der Waals surface area contributed by atoms with Gasteiger partial charge in [-0.2, -0.15) is 5.26 Å². The van der Waals surface area contributed by atoms with E-state index in [-0.39, 0.29) is 0 Å². The second-order valence-electron chi connectivity index (χ2n) is 5.81. The van der Waals surface area contributed by atoms with Crippen LogP contribution < -0.4 is 5.32 Å². The van der Waals surface area contributed by atoms with Gasteiger partial charge in [0.2, 0.25) is 0 Å². The quantitative estimate of drug-likeness (QED) is 0.831. The largest absolute Gasteiger partial charge is 0.381 e. The number of benzene rings is 1. The summed E-state index contributed by atoms with van der Waals surface area (Å²) in [5.41, 5.74) is 3.15. The van der Waals surface area contributed by atoms with Crippen molar-refractivity contribution in [3.05, 3.63) is 39.9 Å². The first kappa shape index (κ1) is 16.1. The SMILES string of the molecule is CC(C)=CCN1CCC(Nc2ccc(C#N)cc2Br)CC1. The number of anilines is 1. The average molecular weight is 348 g/mol. The molecule has 1 aliphatic heterocycles. The van der Waals surface area contributed by atoms with E-state index in [2.05, 4.69) is 52.1 Å². The van der Waals surface area contributed by atoms with Crippen LogP contribution in [-0.2, 0) is 0 Å². The molecule has 1 N–H and O–H groups in total. The van der Waals surface area contributed by atoms with Gasteiger partial charge in [0, 0.05) is 35.8 Å². The van der Waals surface area contributed by atoms with Crippen molar-refractivity contribution >= 4 is 21.6 Å². The van der Waals surface area contributed by atoms with Crippen LogP contribution in [0.15, 0.2) is 34.3 Å². The summed E-state index contributed by atoms with van der Waals surface area (Å²) in [6.45, 7) is 7.63. The van der Waals surface area contributed by atoms with E-state index in [9.17, 15) is 0 Å². The van der Waals surface area contributed by atoms with Crippen LogP contribution >= 0.6 is 15.9 Å². The van der Waals surface area contributed by atoms with Crippen LogP contribution in [0.1, 0.15) is 32.3 Å². The summed E-state index contributed by atoms with van der Waals surface area (Å²) >= 11 is 3.54. The van der Waals surface area contributed by atoms with Crippen molar-refractivity contribution in [2.45, 2.75) is 32.7 Å². The molecule has 0 unspecified atom stereocenters. The monoisotopic (exact) mass is 347 g/mol. The summed E-state index contributed by atoms with van der Waals surface area (Å²) in [6, 6.07) is 8.38. The lowest BCUT2D eigenvalue weighted by Gasteiger charge is -2.32. The molecular weight excluding hydrogens is 326 g/mol. The molecule has 4 heteroatoms. The predicted molar refractivity (Wildman–Crippen MR) is 91.4 cm³/mol. The summed E-state index contributed by atoms with van der Waals surface area (Å²) < 4.78 is 0.966. The number of hydrogen-bond donors (Lipinski definition) is 1. The zero-order valence-electron chi connectivity index (χ0n) is 12.7. The molecule has 0 saturated carbocycles. The number of likely N-dealkylation sites (tertiary alicyclic amines) is 1. The lowest BCUT2D eigenvalue weighted by Crippen LogP contribution is -2.39. The number of nitriles is 1.